The highest BCUT2D eigenvalue weighted by molar-refractivity contribution is 5.81. The van der Waals surface area contributed by atoms with Crippen LogP contribution < -0.4 is 14.8 Å². The Morgan fingerprint density at radius 3 is 2.18 bits per heavy atom. The molecule has 0 unspecified atom stereocenters. The summed E-state index contributed by atoms with van der Waals surface area (Å²) in [5, 5.41) is 3.05. The largest absolute Gasteiger partial charge is 0.493 e. The number of carbonyl (C=O) groups excluding carboxylic acids is 2. The van der Waals surface area contributed by atoms with Gasteiger partial charge in [0, 0.05) is 31.5 Å². The van der Waals surface area contributed by atoms with Crippen LogP contribution in [0.15, 0.2) is 18.2 Å². The minimum Gasteiger partial charge on any atom is -0.493 e. The van der Waals surface area contributed by atoms with Gasteiger partial charge in [-0.25, -0.2) is 0 Å². The van der Waals surface area contributed by atoms with E-state index in [1.165, 1.54) is 0 Å². The Labute approximate surface area is 168 Å². The number of hydrogen-bond acceptors (Lipinski definition) is 4. The van der Waals surface area contributed by atoms with E-state index in [1.54, 1.807) is 14.2 Å². The van der Waals surface area contributed by atoms with E-state index in [1.807, 2.05) is 36.9 Å². The van der Waals surface area contributed by atoms with E-state index in [9.17, 15) is 9.59 Å². The van der Waals surface area contributed by atoms with Crippen LogP contribution in [-0.2, 0) is 16.0 Å². The van der Waals surface area contributed by atoms with Crippen LogP contribution in [0.3, 0.4) is 0 Å². The lowest BCUT2D eigenvalue weighted by Gasteiger charge is -2.30. The van der Waals surface area contributed by atoms with Crippen LogP contribution in [-0.4, -0.2) is 50.6 Å². The SMILES string of the molecule is CCN(CC)C(=O)C1CCC(C(=O)NCCc2ccc(OC)c(OC)c2)CC1. The molecule has 0 aromatic heterocycles. The number of hydrogen-bond donors (Lipinski definition) is 1. The summed E-state index contributed by atoms with van der Waals surface area (Å²) in [6, 6.07) is 5.80. The first-order chi connectivity index (χ1) is 13.5. The second-order valence-corrected chi connectivity index (χ2v) is 7.29. The molecule has 0 heterocycles. The van der Waals surface area contributed by atoms with Crippen molar-refractivity contribution in [3.05, 3.63) is 23.8 Å². The Morgan fingerprint density at radius 2 is 1.61 bits per heavy atom. The molecule has 0 aliphatic heterocycles. The molecule has 0 radical (unpaired) electrons. The fourth-order valence-corrected chi connectivity index (χ4v) is 3.91. The summed E-state index contributed by atoms with van der Waals surface area (Å²) < 4.78 is 10.6. The van der Waals surface area contributed by atoms with Crippen molar-refractivity contribution in [2.75, 3.05) is 33.9 Å². The molecule has 6 heteroatoms. The molecule has 0 atom stereocenters. The summed E-state index contributed by atoms with van der Waals surface area (Å²) >= 11 is 0. The number of benzene rings is 1. The van der Waals surface area contributed by atoms with Crippen molar-refractivity contribution in [1.29, 1.82) is 0 Å². The molecule has 6 nitrogen and oxygen atoms in total. The predicted octanol–water partition coefficient (Wildman–Crippen LogP) is 3.04. The van der Waals surface area contributed by atoms with Gasteiger partial charge in [0.15, 0.2) is 11.5 Å². The number of methoxy groups -OCH3 is 2. The summed E-state index contributed by atoms with van der Waals surface area (Å²) in [5.41, 5.74) is 1.09. The third kappa shape index (κ3) is 5.63. The van der Waals surface area contributed by atoms with Crippen molar-refractivity contribution in [2.45, 2.75) is 46.0 Å². The van der Waals surface area contributed by atoms with Crippen molar-refractivity contribution >= 4 is 11.8 Å². The molecular weight excluding hydrogens is 356 g/mol. The first-order valence-electron chi connectivity index (χ1n) is 10.3. The van der Waals surface area contributed by atoms with Crippen LogP contribution in [0.4, 0.5) is 0 Å². The molecule has 1 aliphatic carbocycles. The van der Waals surface area contributed by atoms with Crippen molar-refractivity contribution in [2.24, 2.45) is 11.8 Å². The highest BCUT2D eigenvalue weighted by atomic mass is 16.5. The summed E-state index contributed by atoms with van der Waals surface area (Å²) in [4.78, 5) is 26.9. The van der Waals surface area contributed by atoms with Gasteiger partial charge in [-0.1, -0.05) is 6.07 Å². The fraction of sp³-hybridized carbons (Fsp3) is 0.636. The lowest BCUT2D eigenvalue weighted by molar-refractivity contribution is -0.138. The third-order valence-electron chi connectivity index (χ3n) is 5.68. The van der Waals surface area contributed by atoms with E-state index in [-0.39, 0.29) is 23.7 Å². The molecule has 1 fully saturated rings. The molecule has 0 spiro atoms. The zero-order valence-electron chi connectivity index (χ0n) is 17.6. The van der Waals surface area contributed by atoms with Crippen molar-refractivity contribution in [3.63, 3.8) is 0 Å². The Kier molecular flexibility index (Phi) is 8.61. The number of rotatable bonds is 9. The second-order valence-electron chi connectivity index (χ2n) is 7.29. The van der Waals surface area contributed by atoms with Crippen LogP contribution in [0.1, 0.15) is 45.1 Å². The van der Waals surface area contributed by atoms with Gasteiger partial charge in [-0.2, -0.15) is 0 Å². The molecule has 28 heavy (non-hydrogen) atoms. The Balaban J connectivity index is 1.77. The van der Waals surface area contributed by atoms with E-state index in [0.717, 1.165) is 50.8 Å². The maximum atomic E-state index is 12.5. The van der Waals surface area contributed by atoms with Crippen molar-refractivity contribution in [1.82, 2.24) is 10.2 Å². The minimum atomic E-state index is 0.0196. The van der Waals surface area contributed by atoms with Gasteiger partial charge in [-0.05, 0) is 63.6 Å². The van der Waals surface area contributed by atoms with Gasteiger partial charge in [0.1, 0.15) is 0 Å². The summed E-state index contributed by atoms with van der Waals surface area (Å²) in [7, 11) is 3.23. The molecule has 1 aliphatic rings. The smallest absolute Gasteiger partial charge is 0.225 e. The maximum absolute atomic E-state index is 12.5. The number of nitrogens with zero attached hydrogens (tertiary/aromatic N) is 1. The van der Waals surface area contributed by atoms with Gasteiger partial charge in [0.2, 0.25) is 11.8 Å². The lowest BCUT2D eigenvalue weighted by Crippen LogP contribution is -2.40. The summed E-state index contributed by atoms with van der Waals surface area (Å²) in [6.07, 6.45) is 3.94. The van der Waals surface area contributed by atoms with Crippen LogP contribution in [0.5, 0.6) is 11.5 Å². The van der Waals surface area contributed by atoms with Crippen LogP contribution in [0.2, 0.25) is 0 Å². The van der Waals surface area contributed by atoms with Gasteiger partial charge in [0.05, 0.1) is 14.2 Å². The molecule has 156 valence electrons. The van der Waals surface area contributed by atoms with Crippen molar-refractivity contribution < 1.29 is 19.1 Å². The lowest BCUT2D eigenvalue weighted by atomic mass is 9.81. The Morgan fingerprint density at radius 1 is 1.00 bits per heavy atom. The number of carbonyl (C=O) groups is 2. The average molecular weight is 391 g/mol. The number of nitrogens with one attached hydrogen (secondary N) is 1. The van der Waals surface area contributed by atoms with Crippen LogP contribution in [0.25, 0.3) is 0 Å². The zero-order chi connectivity index (χ0) is 20.5. The van der Waals surface area contributed by atoms with Gasteiger partial charge in [-0.15, -0.1) is 0 Å². The Bertz CT molecular complexity index is 650. The monoisotopic (exact) mass is 390 g/mol. The fourth-order valence-electron chi connectivity index (χ4n) is 3.91. The molecule has 0 bridgehead atoms. The first kappa shape index (κ1) is 22.1. The molecule has 1 saturated carbocycles. The number of ether oxygens (including phenoxy) is 2. The van der Waals surface area contributed by atoms with Crippen LogP contribution in [0, 0.1) is 11.8 Å². The molecule has 2 amide bonds. The highest BCUT2D eigenvalue weighted by Gasteiger charge is 2.31. The molecule has 0 saturated heterocycles. The second kappa shape index (κ2) is 10.9. The van der Waals surface area contributed by atoms with Gasteiger partial charge in [-0.3, -0.25) is 9.59 Å². The van der Waals surface area contributed by atoms with E-state index in [0.29, 0.717) is 18.0 Å². The zero-order valence-corrected chi connectivity index (χ0v) is 17.6. The molecule has 1 aromatic rings. The van der Waals surface area contributed by atoms with Gasteiger partial charge in [0.25, 0.3) is 0 Å². The summed E-state index contributed by atoms with van der Waals surface area (Å²) in [6.45, 7) is 6.13. The quantitative estimate of drug-likeness (QED) is 0.704. The minimum absolute atomic E-state index is 0.0196. The average Bonchev–Trinajstić information content (AvgIpc) is 2.74. The third-order valence-corrected chi connectivity index (χ3v) is 5.68. The normalized spacial score (nSPS) is 19.0. The number of amides is 2. The summed E-state index contributed by atoms with van der Waals surface area (Å²) in [5.74, 6) is 1.85. The molecule has 1 aromatic carbocycles. The predicted molar refractivity (Wildman–Crippen MR) is 110 cm³/mol. The maximum Gasteiger partial charge on any atom is 0.225 e. The molecule has 2 rings (SSSR count). The molecular formula is C22H34N2O4. The van der Waals surface area contributed by atoms with E-state index < -0.39 is 0 Å². The van der Waals surface area contributed by atoms with E-state index in [2.05, 4.69) is 5.32 Å². The topological polar surface area (TPSA) is 67.9 Å². The van der Waals surface area contributed by atoms with E-state index >= 15 is 0 Å². The van der Waals surface area contributed by atoms with Crippen LogP contribution >= 0.6 is 0 Å². The van der Waals surface area contributed by atoms with Crippen molar-refractivity contribution in [3.8, 4) is 11.5 Å². The molecule has 1 N–H and O–H groups in total. The highest BCUT2D eigenvalue weighted by Crippen LogP contribution is 2.30. The standard InChI is InChI=1S/C22H34N2O4/c1-5-24(6-2)22(26)18-10-8-17(9-11-18)21(25)23-14-13-16-7-12-19(27-3)20(15-16)28-4/h7,12,15,17-18H,5-6,8-11,13-14H2,1-4H3,(H,23,25). The van der Waals surface area contributed by atoms with Gasteiger partial charge >= 0.3 is 0 Å². The van der Waals surface area contributed by atoms with Gasteiger partial charge < -0.3 is 19.7 Å². The Hall–Kier alpha value is -2.24. The van der Waals surface area contributed by atoms with E-state index in [4.69, 9.17) is 9.47 Å². The first-order valence-corrected chi connectivity index (χ1v) is 10.3.